The number of para-hydroxylation sites is 1. The lowest BCUT2D eigenvalue weighted by Crippen LogP contribution is -2.44. The molecule has 182 valence electrons. The standard InChI is InChI=1S/C25H24ClN3O5S/c1-4-34-19-10-9-15(11-17(19)26)21-16(12-27)24(29-23(31)22(21)25(32)33-3)35-13-20(30)28-18-8-6-5-7-14(18)2/h5-11,21-22H,4,13H2,1-3H3,(H,28,30)(H,29,31)/t21-,22+/m0/s1. The summed E-state index contributed by atoms with van der Waals surface area (Å²) >= 11 is 7.35. The Bertz CT molecular complexity index is 1220. The lowest BCUT2D eigenvalue weighted by molar-refractivity contribution is -0.150. The van der Waals surface area contributed by atoms with Gasteiger partial charge in [-0.1, -0.05) is 47.6 Å². The van der Waals surface area contributed by atoms with Crippen molar-refractivity contribution >= 4 is 46.8 Å². The Morgan fingerprint density at radius 2 is 2.00 bits per heavy atom. The molecule has 0 unspecified atom stereocenters. The Kier molecular flexibility index (Phi) is 8.79. The van der Waals surface area contributed by atoms with E-state index in [-0.39, 0.29) is 27.3 Å². The first-order valence-corrected chi connectivity index (χ1v) is 12.1. The first-order valence-electron chi connectivity index (χ1n) is 10.7. The Labute approximate surface area is 212 Å². The van der Waals surface area contributed by atoms with Crippen LogP contribution < -0.4 is 15.4 Å². The number of halogens is 1. The van der Waals surface area contributed by atoms with E-state index in [1.165, 1.54) is 7.11 Å². The molecule has 0 spiro atoms. The zero-order valence-electron chi connectivity index (χ0n) is 19.4. The Hall–Kier alpha value is -3.48. The van der Waals surface area contributed by atoms with Gasteiger partial charge in [0.25, 0.3) is 0 Å². The smallest absolute Gasteiger partial charge is 0.319 e. The largest absolute Gasteiger partial charge is 0.492 e. The number of carbonyl (C=O) groups excluding carboxylic acids is 3. The summed E-state index contributed by atoms with van der Waals surface area (Å²) in [7, 11) is 1.17. The average molecular weight is 514 g/mol. The van der Waals surface area contributed by atoms with Crippen molar-refractivity contribution in [1.82, 2.24) is 5.32 Å². The molecule has 10 heteroatoms. The van der Waals surface area contributed by atoms with Crippen molar-refractivity contribution in [3.05, 3.63) is 69.2 Å². The lowest BCUT2D eigenvalue weighted by atomic mass is 9.78. The van der Waals surface area contributed by atoms with Crippen LogP contribution in [0.5, 0.6) is 5.75 Å². The molecule has 2 aromatic carbocycles. The number of anilines is 1. The number of ether oxygens (including phenoxy) is 2. The summed E-state index contributed by atoms with van der Waals surface area (Å²) in [6.45, 7) is 4.10. The minimum absolute atomic E-state index is 0.0607. The fraction of sp³-hybridized carbons (Fsp3) is 0.280. The molecule has 0 aliphatic carbocycles. The first kappa shape index (κ1) is 26.1. The highest BCUT2D eigenvalue weighted by Gasteiger charge is 2.44. The minimum Gasteiger partial charge on any atom is -0.492 e. The van der Waals surface area contributed by atoms with E-state index in [9.17, 15) is 19.6 Å². The minimum atomic E-state index is -1.30. The van der Waals surface area contributed by atoms with Crippen LogP contribution in [0.4, 0.5) is 5.69 Å². The molecule has 0 saturated heterocycles. The van der Waals surface area contributed by atoms with Crippen LogP contribution in [0.2, 0.25) is 5.02 Å². The normalized spacial score (nSPS) is 17.3. The maximum atomic E-state index is 13.0. The molecule has 2 amide bonds. The second-order valence-electron chi connectivity index (χ2n) is 7.60. The molecule has 35 heavy (non-hydrogen) atoms. The number of aryl methyl sites for hydroxylation is 1. The lowest BCUT2D eigenvalue weighted by Gasteiger charge is -2.31. The van der Waals surface area contributed by atoms with Gasteiger partial charge in [-0.25, -0.2) is 0 Å². The van der Waals surface area contributed by atoms with Gasteiger partial charge in [0.2, 0.25) is 11.8 Å². The molecule has 1 aliphatic rings. The number of hydrogen-bond acceptors (Lipinski definition) is 7. The van der Waals surface area contributed by atoms with E-state index in [4.69, 9.17) is 21.1 Å². The summed E-state index contributed by atoms with van der Waals surface area (Å²) in [5, 5.41) is 15.9. The molecule has 8 nitrogen and oxygen atoms in total. The number of carbonyl (C=O) groups is 3. The van der Waals surface area contributed by atoms with E-state index in [0.29, 0.717) is 23.6 Å². The number of thioether (sulfide) groups is 1. The van der Waals surface area contributed by atoms with Gasteiger partial charge in [0.05, 0.1) is 41.2 Å². The number of esters is 1. The van der Waals surface area contributed by atoms with Crippen LogP contribution >= 0.6 is 23.4 Å². The Morgan fingerprint density at radius 3 is 2.63 bits per heavy atom. The van der Waals surface area contributed by atoms with Crippen molar-refractivity contribution in [1.29, 1.82) is 5.26 Å². The molecule has 0 fully saturated rings. The predicted molar refractivity (Wildman–Crippen MR) is 134 cm³/mol. The number of nitrogens with one attached hydrogen (secondary N) is 2. The summed E-state index contributed by atoms with van der Waals surface area (Å²) < 4.78 is 10.3. The summed E-state index contributed by atoms with van der Waals surface area (Å²) in [6.07, 6.45) is 0. The second kappa shape index (κ2) is 11.8. The Morgan fingerprint density at radius 1 is 1.26 bits per heavy atom. The average Bonchev–Trinajstić information content (AvgIpc) is 2.84. The van der Waals surface area contributed by atoms with Crippen LogP contribution in [0.1, 0.15) is 24.0 Å². The van der Waals surface area contributed by atoms with E-state index < -0.39 is 23.7 Å². The van der Waals surface area contributed by atoms with Gasteiger partial charge in [-0.2, -0.15) is 5.26 Å². The van der Waals surface area contributed by atoms with Gasteiger partial charge >= 0.3 is 5.97 Å². The van der Waals surface area contributed by atoms with Gasteiger partial charge in [-0.3, -0.25) is 14.4 Å². The van der Waals surface area contributed by atoms with Gasteiger partial charge in [-0.15, -0.1) is 0 Å². The number of methoxy groups -OCH3 is 1. The van der Waals surface area contributed by atoms with Crippen molar-refractivity contribution in [2.45, 2.75) is 19.8 Å². The number of nitriles is 1. The molecule has 0 saturated carbocycles. The number of hydrogen-bond donors (Lipinski definition) is 2. The number of rotatable bonds is 8. The highest BCUT2D eigenvalue weighted by atomic mass is 35.5. The van der Waals surface area contributed by atoms with E-state index in [1.54, 1.807) is 24.3 Å². The quantitative estimate of drug-likeness (QED) is 0.402. The monoisotopic (exact) mass is 513 g/mol. The van der Waals surface area contributed by atoms with Gasteiger partial charge in [0, 0.05) is 11.6 Å². The molecular weight excluding hydrogens is 490 g/mol. The van der Waals surface area contributed by atoms with E-state index in [1.807, 2.05) is 32.0 Å². The Balaban J connectivity index is 1.94. The number of benzene rings is 2. The van der Waals surface area contributed by atoms with Crippen LogP contribution in [-0.2, 0) is 19.1 Å². The highest BCUT2D eigenvalue weighted by molar-refractivity contribution is 8.03. The molecule has 0 aromatic heterocycles. The SMILES string of the molecule is CCOc1ccc([C@H]2C(C#N)=C(SCC(=O)Nc3ccccc3C)NC(=O)[C@@H]2C(=O)OC)cc1Cl. The number of allylic oxidation sites excluding steroid dienone is 1. The molecule has 3 rings (SSSR count). The molecule has 1 aliphatic heterocycles. The summed E-state index contributed by atoms with van der Waals surface area (Å²) in [5.41, 5.74) is 2.19. The first-order chi connectivity index (χ1) is 16.8. The van der Waals surface area contributed by atoms with Gasteiger partial charge < -0.3 is 20.1 Å². The van der Waals surface area contributed by atoms with Crippen molar-refractivity contribution in [3.8, 4) is 11.8 Å². The third kappa shape index (κ3) is 5.96. The van der Waals surface area contributed by atoms with Crippen molar-refractivity contribution in [2.24, 2.45) is 5.92 Å². The number of nitrogens with zero attached hydrogens (tertiary/aromatic N) is 1. The molecule has 0 radical (unpaired) electrons. The van der Waals surface area contributed by atoms with Gasteiger partial charge in [0.1, 0.15) is 11.7 Å². The fourth-order valence-electron chi connectivity index (χ4n) is 3.70. The predicted octanol–water partition coefficient (Wildman–Crippen LogP) is 4.16. The number of amides is 2. The van der Waals surface area contributed by atoms with E-state index >= 15 is 0 Å². The third-order valence-corrected chi connectivity index (χ3v) is 6.68. The molecule has 1 heterocycles. The summed E-state index contributed by atoms with van der Waals surface area (Å²) in [5.74, 6) is -3.59. The van der Waals surface area contributed by atoms with E-state index in [2.05, 4.69) is 16.7 Å². The molecule has 2 N–H and O–H groups in total. The van der Waals surface area contributed by atoms with E-state index in [0.717, 1.165) is 17.3 Å². The maximum absolute atomic E-state index is 13.0. The van der Waals surface area contributed by atoms with Gasteiger partial charge in [0.15, 0.2) is 0 Å². The molecule has 2 atom stereocenters. The van der Waals surface area contributed by atoms with Crippen molar-refractivity contribution < 1.29 is 23.9 Å². The third-order valence-electron chi connectivity index (χ3n) is 5.37. The van der Waals surface area contributed by atoms with Crippen LogP contribution in [-0.4, -0.2) is 37.3 Å². The highest BCUT2D eigenvalue weighted by Crippen LogP contribution is 2.42. The maximum Gasteiger partial charge on any atom is 0.319 e. The topological polar surface area (TPSA) is 118 Å². The zero-order chi connectivity index (χ0) is 25.5. The van der Waals surface area contributed by atoms with Crippen molar-refractivity contribution in [3.63, 3.8) is 0 Å². The molecule has 2 aromatic rings. The van der Waals surface area contributed by atoms with Crippen LogP contribution in [0.3, 0.4) is 0 Å². The molecular formula is C25H24ClN3O5S. The summed E-state index contributed by atoms with van der Waals surface area (Å²) in [6, 6.07) is 14.3. The van der Waals surface area contributed by atoms with Crippen molar-refractivity contribution in [2.75, 3.05) is 24.8 Å². The molecule has 0 bridgehead atoms. The van der Waals surface area contributed by atoms with Crippen LogP contribution in [0.25, 0.3) is 0 Å². The van der Waals surface area contributed by atoms with Crippen LogP contribution in [0, 0.1) is 24.2 Å². The fourth-order valence-corrected chi connectivity index (χ4v) is 4.79. The van der Waals surface area contributed by atoms with Crippen LogP contribution in [0.15, 0.2) is 53.1 Å². The zero-order valence-corrected chi connectivity index (χ0v) is 21.0. The summed E-state index contributed by atoms with van der Waals surface area (Å²) in [4.78, 5) is 38.0. The second-order valence-corrected chi connectivity index (χ2v) is 8.99. The van der Waals surface area contributed by atoms with Gasteiger partial charge in [-0.05, 0) is 43.2 Å².